The van der Waals surface area contributed by atoms with Crippen LogP contribution in [0.1, 0.15) is 90.9 Å². The van der Waals surface area contributed by atoms with E-state index in [4.69, 9.17) is 4.74 Å². The molecule has 0 saturated carbocycles. The fraction of sp³-hybridized carbons (Fsp3) is 0.842. The van der Waals surface area contributed by atoms with E-state index in [0.717, 1.165) is 12.3 Å². The topological polar surface area (TPSA) is 26.3 Å². The molecule has 0 aromatic rings. The lowest BCUT2D eigenvalue weighted by atomic mass is 9.91. The largest absolute Gasteiger partial charge is 0.463 e. The lowest BCUT2D eigenvalue weighted by molar-refractivity contribution is -0.137. The van der Waals surface area contributed by atoms with E-state index in [-0.39, 0.29) is 5.97 Å². The quantitative estimate of drug-likeness (QED) is 0.209. The van der Waals surface area contributed by atoms with Crippen molar-refractivity contribution in [3.8, 4) is 0 Å². The van der Waals surface area contributed by atoms with Crippen LogP contribution < -0.4 is 0 Å². The summed E-state index contributed by atoms with van der Waals surface area (Å²) in [5, 5.41) is 0. The lowest BCUT2D eigenvalue weighted by Crippen LogP contribution is -2.06. The van der Waals surface area contributed by atoms with Gasteiger partial charge in [-0.25, -0.2) is 4.79 Å². The van der Waals surface area contributed by atoms with Gasteiger partial charge >= 0.3 is 5.97 Å². The lowest BCUT2D eigenvalue weighted by Gasteiger charge is -2.16. The molecule has 124 valence electrons. The Bertz CT molecular complexity index is 236. The van der Waals surface area contributed by atoms with Crippen molar-refractivity contribution in [2.75, 3.05) is 6.61 Å². The average molecular weight is 296 g/mol. The molecule has 0 rings (SSSR count). The Hall–Kier alpha value is -0.790. The molecule has 0 saturated heterocycles. The summed E-state index contributed by atoms with van der Waals surface area (Å²) in [6.45, 7) is 8.48. The monoisotopic (exact) mass is 296 g/mol. The zero-order chi connectivity index (χ0) is 15.8. The van der Waals surface area contributed by atoms with Crippen molar-refractivity contribution in [3.05, 3.63) is 12.7 Å². The van der Waals surface area contributed by atoms with Gasteiger partial charge in [-0.2, -0.15) is 0 Å². The Balaban J connectivity index is 3.81. The third-order valence-electron chi connectivity index (χ3n) is 4.10. The van der Waals surface area contributed by atoms with Gasteiger partial charge < -0.3 is 4.74 Å². The van der Waals surface area contributed by atoms with E-state index in [2.05, 4.69) is 20.4 Å². The zero-order valence-corrected chi connectivity index (χ0v) is 14.4. The molecule has 2 heteroatoms. The molecular weight excluding hydrogens is 260 g/mol. The van der Waals surface area contributed by atoms with Crippen LogP contribution in [-0.4, -0.2) is 12.6 Å². The first-order valence-electron chi connectivity index (χ1n) is 9.03. The van der Waals surface area contributed by atoms with Crippen molar-refractivity contribution in [2.45, 2.75) is 90.9 Å². The minimum atomic E-state index is -0.294. The van der Waals surface area contributed by atoms with Crippen LogP contribution in [0.4, 0.5) is 0 Å². The molecule has 0 radical (unpaired) electrons. The molecule has 0 aromatic carbocycles. The number of hydrogen-bond acceptors (Lipinski definition) is 2. The Labute approximate surface area is 132 Å². The van der Waals surface area contributed by atoms with Gasteiger partial charge in [-0.3, -0.25) is 0 Å². The number of unbranched alkanes of at least 4 members (excludes halogenated alkanes) is 6. The average Bonchev–Trinajstić information content (AvgIpc) is 2.50. The highest BCUT2D eigenvalue weighted by atomic mass is 16.5. The maximum atomic E-state index is 11.0. The van der Waals surface area contributed by atoms with Crippen molar-refractivity contribution in [1.29, 1.82) is 0 Å². The minimum Gasteiger partial charge on any atom is -0.463 e. The van der Waals surface area contributed by atoms with Crippen LogP contribution in [0.25, 0.3) is 0 Å². The van der Waals surface area contributed by atoms with Gasteiger partial charge in [-0.1, -0.05) is 84.6 Å². The normalized spacial score (nSPS) is 10.8. The zero-order valence-electron chi connectivity index (χ0n) is 14.4. The van der Waals surface area contributed by atoms with Crippen LogP contribution in [0.3, 0.4) is 0 Å². The van der Waals surface area contributed by atoms with Crippen molar-refractivity contribution < 1.29 is 9.53 Å². The summed E-state index contributed by atoms with van der Waals surface area (Å²) in [5.74, 6) is 0.526. The molecule has 0 heterocycles. The number of esters is 1. The van der Waals surface area contributed by atoms with Gasteiger partial charge in [0.1, 0.15) is 0 Å². The summed E-state index contributed by atoms with van der Waals surface area (Å²) in [6.07, 6.45) is 16.9. The second-order valence-corrected chi connectivity index (χ2v) is 6.08. The number of carbonyl (C=O) groups is 1. The summed E-state index contributed by atoms with van der Waals surface area (Å²) in [7, 11) is 0. The molecule has 0 aromatic heterocycles. The minimum absolute atomic E-state index is 0.294. The van der Waals surface area contributed by atoms with Crippen LogP contribution in [0.15, 0.2) is 12.7 Å². The molecule has 0 fully saturated rings. The maximum Gasteiger partial charge on any atom is 0.330 e. The predicted octanol–water partition coefficient (Wildman–Crippen LogP) is 6.05. The van der Waals surface area contributed by atoms with Crippen molar-refractivity contribution in [2.24, 2.45) is 5.92 Å². The molecule has 0 atom stereocenters. The first-order valence-corrected chi connectivity index (χ1v) is 9.03. The highest BCUT2D eigenvalue weighted by molar-refractivity contribution is 5.81. The summed E-state index contributed by atoms with van der Waals surface area (Å²) >= 11 is 0. The molecule has 0 aliphatic rings. The third kappa shape index (κ3) is 13.9. The Morgan fingerprint density at radius 3 is 1.90 bits per heavy atom. The van der Waals surface area contributed by atoms with Gasteiger partial charge in [0, 0.05) is 6.08 Å². The molecule has 0 aliphatic carbocycles. The molecule has 2 nitrogen and oxygen atoms in total. The van der Waals surface area contributed by atoms with E-state index in [9.17, 15) is 4.79 Å². The fourth-order valence-electron chi connectivity index (χ4n) is 2.76. The van der Waals surface area contributed by atoms with E-state index in [1.807, 2.05) is 0 Å². The Morgan fingerprint density at radius 2 is 1.43 bits per heavy atom. The molecule has 0 amide bonds. The van der Waals surface area contributed by atoms with Crippen LogP contribution in [0.2, 0.25) is 0 Å². The van der Waals surface area contributed by atoms with E-state index in [0.29, 0.717) is 6.61 Å². The maximum absolute atomic E-state index is 11.0. The number of carbonyl (C=O) groups excluding carboxylic acids is 1. The van der Waals surface area contributed by atoms with Crippen molar-refractivity contribution in [1.82, 2.24) is 0 Å². The van der Waals surface area contributed by atoms with E-state index in [1.165, 1.54) is 76.7 Å². The molecule has 21 heavy (non-hydrogen) atoms. The Morgan fingerprint density at radius 1 is 0.905 bits per heavy atom. The highest BCUT2D eigenvalue weighted by Crippen LogP contribution is 2.22. The molecule has 0 aliphatic heterocycles. The summed E-state index contributed by atoms with van der Waals surface area (Å²) < 4.78 is 5.07. The van der Waals surface area contributed by atoms with Gasteiger partial charge in [-0.15, -0.1) is 0 Å². The van der Waals surface area contributed by atoms with Crippen LogP contribution >= 0.6 is 0 Å². The third-order valence-corrected chi connectivity index (χ3v) is 4.10. The Kier molecular flexibility index (Phi) is 15.0. The molecule has 0 spiro atoms. The summed E-state index contributed by atoms with van der Waals surface area (Å²) in [4.78, 5) is 11.0. The standard InChI is InChI=1S/C19H36O2/c1-4-7-9-11-14-18(15-12-10-8-5-2)16-13-17-21-19(20)6-3/h6,18H,3-5,7-17H2,1-2H3. The highest BCUT2D eigenvalue weighted by Gasteiger charge is 2.09. The van der Waals surface area contributed by atoms with Crippen LogP contribution in [-0.2, 0) is 9.53 Å². The molecule has 0 unspecified atom stereocenters. The van der Waals surface area contributed by atoms with E-state index < -0.39 is 0 Å². The predicted molar refractivity (Wildman–Crippen MR) is 91.4 cm³/mol. The van der Waals surface area contributed by atoms with E-state index in [1.54, 1.807) is 0 Å². The smallest absolute Gasteiger partial charge is 0.330 e. The first-order chi connectivity index (χ1) is 10.2. The fourth-order valence-corrected chi connectivity index (χ4v) is 2.76. The first kappa shape index (κ1) is 20.2. The van der Waals surface area contributed by atoms with Gasteiger partial charge in [0.2, 0.25) is 0 Å². The second-order valence-electron chi connectivity index (χ2n) is 6.08. The second kappa shape index (κ2) is 15.6. The molecular formula is C19H36O2. The van der Waals surface area contributed by atoms with Crippen LogP contribution in [0, 0.1) is 5.92 Å². The number of hydrogen-bond donors (Lipinski definition) is 0. The number of rotatable bonds is 15. The van der Waals surface area contributed by atoms with Gasteiger partial charge in [-0.05, 0) is 18.8 Å². The molecule has 0 N–H and O–H groups in total. The molecule has 0 bridgehead atoms. The van der Waals surface area contributed by atoms with E-state index >= 15 is 0 Å². The summed E-state index contributed by atoms with van der Waals surface area (Å²) in [5.41, 5.74) is 0. The van der Waals surface area contributed by atoms with Crippen molar-refractivity contribution >= 4 is 5.97 Å². The SMILES string of the molecule is C=CC(=O)OCCCC(CCCCCC)CCCCCC. The van der Waals surface area contributed by atoms with Gasteiger partial charge in [0.05, 0.1) is 6.61 Å². The summed E-state index contributed by atoms with van der Waals surface area (Å²) in [6, 6.07) is 0. The number of ether oxygens (including phenoxy) is 1. The van der Waals surface area contributed by atoms with Crippen molar-refractivity contribution in [3.63, 3.8) is 0 Å². The van der Waals surface area contributed by atoms with Crippen LogP contribution in [0.5, 0.6) is 0 Å². The van der Waals surface area contributed by atoms with Gasteiger partial charge in [0.15, 0.2) is 0 Å². The van der Waals surface area contributed by atoms with Gasteiger partial charge in [0.25, 0.3) is 0 Å².